The maximum Gasteiger partial charge on any atom is 0.250 e. The molecule has 166 valence electrons. The normalized spacial score (nSPS) is 11.1. The van der Waals surface area contributed by atoms with Gasteiger partial charge < -0.3 is 9.73 Å². The number of hydrogen-bond donors (Lipinski definition) is 2. The quantitative estimate of drug-likeness (QED) is 0.215. The number of carbonyl (C=O) groups excluding carboxylic acids is 1. The minimum Gasteiger partial charge on any atom is -0.457 e. The molecule has 2 aromatic heterocycles. The summed E-state index contributed by atoms with van der Waals surface area (Å²) >= 11 is 6.69. The van der Waals surface area contributed by atoms with Gasteiger partial charge in [0.15, 0.2) is 10.2 Å². The number of carbonyl (C=O) groups is 1. The average molecular weight is 482 g/mol. The Bertz CT molecular complexity index is 1500. The molecule has 0 spiro atoms. The second kappa shape index (κ2) is 9.82. The third-order valence-corrected chi connectivity index (χ3v) is 6.05. The van der Waals surface area contributed by atoms with Crippen LogP contribution in [0.5, 0.6) is 0 Å². The van der Waals surface area contributed by atoms with E-state index in [9.17, 15) is 4.79 Å². The molecule has 2 N–H and O–H groups in total. The smallest absolute Gasteiger partial charge is 0.250 e. The molecule has 0 aliphatic heterocycles. The lowest BCUT2D eigenvalue weighted by atomic mass is 10.1. The molecule has 0 aliphatic rings. The van der Waals surface area contributed by atoms with Gasteiger partial charge in [0, 0.05) is 22.6 Å². The second-order valence-electron chi connectivity index (χ2n) is 7.44. The van der Waals surface area contributed by atoms with Gasteiger partial charge in [0.05, 0.1) is 5.69 Å². The van der Waals surface area contributed by atoms with Gasteiger partial charge in [0.2, 0.25) is 5.91 Å². The Balaban J connectivity index is 1.18. The Morgan fingerprint density at radius 1 is 0.912 bits per heavy atom. The first-order valence-corrected chi connectivity index (χ1v) is 11.8. The molecule has 0 atom stereocenters. The fraction of sp³-hybridized carbons (Fsp3) is 0. The zero-order chi connectivity index (χ0) is 23.3. The summed E-state index contributed by atoms with van der Waals surface area (Å²) < 4.78 is 5.77. The molecule has 5 nitrogen and oxygen atoms in total. The number of rotatable bonds is 5. The van der Waals surface area contributed by atoms with Crippen molar-refractivity contribution in [2.75, 3.05) is 5.32 Å². The summed E-state index contributed by atoms with van der Waals surface area (Å²) in [4.78, 5) is 16.9. The van der Waals surface area contributed by atoms with Crippen molar-refractivity contribution in [1.29, 1.82) is 0 Å². The molecule has 7 heteroatoms. The highest BCUT2D eigenvalue weighted by Crippen LogP contribution is 2.28. The average Bonchev–Trinajstić information content (AvgIpc) is 3.53. The minimum atomic E-state index is -0.360. The third-order valence-electron chi connectivity index (χ3n) is 5.09. The van der Waals surface area contributed by atoms with Crippen LogP contribution in [0, 0.1) is 0 Å². The number of amides is 1. The fourth-order valence-electron chi connectivity index (χ4n) is 3.45. The fourth-order valence-corrected chi connectivity index (χ4v) is 4.44. The van der Waals surface area contributed by atoms with Crippen LogP contribution in [0.4, 0.5) is 5.13 Å². The molecule has 3 aromatic carbocycles. The van der Waals surface area contributed by atoms with E-state index in [0.29, 0.717) is 10.9 Å². The van der Waals surface area contributed by atoms with Crippen LogP contribution in [-0.2, 0) is 4.79 Å². The molecule has 1 amide bonds. The van der Waals surface area contributed by atoms with E-state index in [4.69, 9.17) is 16.6 Å². The van der Waals surface area contributed by atoms with Crippen LogP contribution >= 0.6 is 23.6 Å². The van der Waals surface area contributed by atoms with Gasteiger partial charge in [-0.05, 0) is 47.3 Å². The van der Waals surface area contributed by atoms with Gasteiger partial charge in [0.1, 0.15) is 11.5 Å². The minimum absolute atomic E-state index is 0.179. The van der Waals surface area contributed by atoms with Crippen LogP contribution in [0.15, 0.2) is 101 Å². The third kappa shape index (κ3) is 5.11. The van der Waals surface area contributed by atoms with E-state index >= 15 is 0 Å². The van der Waals surface area contributed by atoms with Crippen molar-refractivity contribution in [2.45, 2.75) is 0 Å². The Kier molecular flexibility index (Phi) is 6.29. The molecule has 0 radical (unpaired) electrons. The van der Waals surface area contributed by atoms with Crippen LogP contribution in [0.1, 0.15) is 5.76 Å². The number of nitrogens with zero attached hydrogens (tertiary/aromatic N) is 1. The van der Waals surface area contributed by atoms with Gasteiger partial charge in [-0.15, -0.1) is 11.3 Å². The van der Waals surface area contributed by atoms with Gasteiger partial charge in [0.25, 0.3) is 0 Å². The van der Waals surface area contributed by atoms with E-state index in [0.717, 1.165) is 28.0 Å². The predicted molar refractivity (Wildman–Crippen MR) is 143 cm³/mol. The molecule has 0 saturated carbocycles. The summed E-state index contributed by atoms with van der Waals surface area (Å²) in [5.41, 5.74) is 2.84. The first-order valence-electron chi connectivity index (χ1n) is 10.5. The molecule has 34 heavy (non-hydrogen) atoms. The molecule has 5 aromatic rings. The number of thiocarbonyl (C=S) groups is 1. The summed E-state index contributed by atoms with van der Waals surface area (Å²) in [5.74, 6) is 0.957. The van der Waals surface area contributed by atoms with Crippen LogP contribution in [0.2, 0.25) is 0 Å². The van der Waals surface area contributed by atoms with Gasteiger partial charge in [-0.25, -0.2) is 4.98 Å². The van der Waals surface area contributed by atoms with Crippen LogP contribution in [0.25, 0.3) is 39.4 Å². The Labute approximate surface area is 205 Å². The van der Waals surface area contributed by atoms with Crippen molar-refractivity contribution in [3.05, 3.63) is 102 Å². The summed E-state index contributed by atoms with van der Waals surface area (Å²) in [6.07, 6.45) is 2.98. The molecular formula is C27H19N3O2S2. The van der Waals surface area contributed by atoms with Crippen LogP contribution in [-0.4, -0.2) is 16.0 Å². The SMILES string of the molecule is O=C(/C=C/c1ccc(-c2ccccc2)o1)NC(=S)Nc1nc(-c2ccc3ccccc3c2)cs1. The topological polar surface area (TPSA) is 67.2 Å². The summed E-state index contributed by atoms with van der Waals surface area (Å²) in [7, 11) is 0. The number of benzene rings is 3. The summed E-state index contributed by atoms with van der Waals surface area (Å²) in [6, 6.07) is 27.9. The molecule has 5 rings (SSSR count). The first-order chi connectivity index (χ1) is 16.6. The lowest BCUT2D eigenvalue weighted by Gasteiger charge is -2.04. The second-order valence-corrected chi connectivity index (χ2v) is 8.71. The standard InChI is InChI=1S/C27H19N3O2S2/c31-25(15-13-22-12-14-24(32-22)19-7-2-1-3-8-19)29-26(33)30-27-28-23(17-34-27)21-11-10-18-6-4-5-9-20(18)16-21/h1-17H,(H2,28,29,30,31,33)/b15-13+. The van der Waals surface area contributed by atoms with E-state index in [1.807, 2.05) is 66.0 Å². The van der Waals surface area contributed by atoms with E-state index in [1.165, 1.54) is 22.8 Å². The van der Waals surface area contributed by atoms with E-state index < -0.39 is 0 Å². The summed E-state index contributed by atoms with van der Waals surface area (Å²) in [6.45, 7) is 0. The monoisotopic (exact) mass is 481 g/mol. The van der Waals surface area contributed by atoms with Crippen LogP contribution < -0.4 is 10.6 Å². The highest BCUT2D eigenvalue weighted by molar-refractivity contribution is 7.80. The number of aromatic nitrogens is 1. The van der Waals surface area contributed by atoms with E-state index in [-0.39, 0.29) is 11.0 Å². The Hall–Kier alpha value is -4.07. The van der Waals surface area contributed by atoms with Gasteiger partial charge in [-0.3, -0.25) is 10.1 Å². The first kappa shape index (κ1) is 21.8. The number of thiazole rings is 1. The number of nitrogens with one attached hydrogen (secondary N) is 2. The van der Waals surface area contributed by atoms with Gasteiger partial charge >= 0.3 is 0 Å². The van der Waals surface area contributed by atoms with Crippen molar-refractivity contribution in [2.24, 2.45) is 0 Å². The van der Waals surface area contributed by atoms with Gasteiger partial charge in [-0.1, -0.05) is 66.7 Å². The highest BCUT2D eigenvalue weighted by Gasteiger charge is 2.09. The van der Waals surface area contributed by atoms with Gasteiger partial charge in [-0.2, -0.15) is 0 Å². The number of hydrogen-bond acceptors (Lipinski definition) is 5. The lowest BCUT2D eigenvalue weighted by Crippen LogP contribution is -2.32. The molecule has 0 aliphatic carbocycles. The van der Waals surface area contributed by atoms with Crippen molar-refractivity contribution in [1.82, 2.24) is 10.3 Å². The van der Waals surface area contributed by atoms with E-state index in [1.54, 1.807) is 6.08 Å². The maximum atomic E-state index is 12.3. The molecule has 0 unspecified atom stereocenters. The predicted octanol–water partition coefficient (Wildman–Crippen LogP) is 6.75. The zero-order valence-electron chi connectivity index (χ0n) is 17.9. The Morgan fingerprint density at radius 3 is 2.56 bits per heavy atom. The van der Waals surface area contributed by atoms with Crippen molar-refractivity contribution < 1.29 is 9.21 Å². The lowest BCUT2D eigenvalue weighted by molar-refractivity contribution is -0.115. The summed E-state index contributed by atoms with van der Waals surface area (Å²) in [5, 5.41) is 10.7. The van der Waals surface area contributed by atoms with Crippen molar-refractivity contribution in [3.63, 3.8) is 0 Å². The van der Waals surface area contributed by atoms with Crippen molar-refractivity contribution >= 4 is 56.6 Å². The number of fused-ring (bicyclic) bond motifs is 1. The van der Waals surface area contributed by atoms with E-state index in [2.05, 4.69) is 39.9 Å². The number of furan rings is 1. The Morgan fingerprint density at radius 2 is 1.71 bits per heavy atom. The molecular weight excluding hydrogens is 462 g/mol. The largest absolute Gasteiger partial charge is 0.457 e. The van der Waals surface area contributed by atoms with Crippen molar-refractivity contribution in [3.8, 4) is 22.6 Å². The highest BCUT2D eigenvalue weighted by atomic mass is 32.1. The van der Waals surface area contributed by atoms with Crippen LogP contribution in [0.3, 0.4) is 0 Å². The molecule has 0 bridgehead atoms. The molecule has 0 saturated heterocycles. The molecule has 0 fully saturated rings. The molecule has 2 heterocycles. The maximum absolute atomic E-state index is 12.3. The zero-order valence-corrected chi connectivity index (χ0v) is 19.5. The number of anilines is 1.